The van der Waals surface area contributed by atoms with Gasteiger partial charge in [0, 0.05) is 5.69 Å². The number of anilines is 1. The molecule has 0 heterocycles. The Bertz CT molecular complexity index is 386. The summed E-state index contributed by atoms with van der Waals surface area (Å²) >= 11 is 0. The van der Waals surface area contributed by atoms with Crippen molar-refractivity contribution in [2.24, 2.45) is 0 Å². The molecule has 0 saturated carbocycles. The summed E-state index contributed by atoms with van der Waals surface area (Å²) < 4.78 is 38.1. The van der Waals surface area contributed by atoms with E-state index in [1.165, 1.54) is 18.3 Å². The number of alkyl halides is 3. The van der Waals surface area contributed by atoms with Crippen molar-refractivity contribution in [3.63, 3.8) is 0 Å². The lowest BCUT2D eigenvalue weighted by Gasteiger charge is -2.13. The molecule has 2 nitrogen and oxygen atoms in total. The largest absolute Gasteiger partial charge is 0.416 e. The highest BCUT2D eigenvalue weighted by Crippen LogP contribution is 2.33. The van der Waals surface area contributed by atoms with Crippen LogP contribution < -0.4 is 5.73 Å². The minimum Gasteiger partial charge on any atom is -0.399 e. The van der Waals surface area contributed by atoms with Gasteiger partial charge in [0.25, 0.3) is 0 Å². The normalized spacial score (nSPS) is 11.5. The minimum atomic E-state index is -4.35. The van der Waals surface area contributed by atoms with Gasteiger partial charge in [-0.3, -0.25) is 0 Å². The van der Waals surface area contributed by atoms with E-state index in [-0.39, 0.29) is 11.3 Å². The second-order valence-electron chi connectivity index (χ2n) is 3.86. The van der Waals surface area contributed by atoms with E-state index in [1.54, 1.807) is 0 Å². The molecule has 0 spiro atoms. The maximum Gasteiger partial charge on any atom is 0.416 e. The zero-order valence-corrected chi connectivity index (χ0v) is 9.35. The summed E-state index contributed by atoms with van der Waals surface area (Å²) in [4.78, 5) is 0. The summed E-state index contributed by atoms with van der Waals surface area (Å²) in [6.07, 6.45) is -0.743. The summed E-state index contributed by atoms with van der Waals surface area (Å²) in [5.74, 6) is 0. The maximum absolute atomic E-state index is 12.7. The molecule has 0 unspecified atom stereocenters. The molecule has 0 fully saturated rings. The minimum absolute atomic E-state index is 0.126. The molecule has 0 radical (unpaired) electrons. The van der Waals surface area contributed by atoms with E-state index in [9.17, 15) is 13.2 Å². The van der Waals surface area contributed by atoms with Crippen molar-refractivity contribution in [1.29, 1.82) is 5.41 Å². The monoisotopic (exact) mass is 244 g/mol. The van der Waals surface area contributed by atoms with Gasteiger partial charge in [-0.2, -0.15) is 13.2 Å². The van der Waals surface area contributed by atoms with E-state index >= 15 is 0 Å². The van der Waals surface area contributed by atoms with Crippen LogP contribution in [-0.4, -0.2) is 6.21 Å². The van der Waals surface area contributed by atoms with Crippen LogP contribution in [0.15, 0.2) is 18.2 Å². The van der Waals surface area contributed by atoms with Crippen LogP contribution in [-0.2, 0) is 12.6 Å². The fraction of sp³-hybridized carbons (Fsp3) is 0.417. The molecule has 1 aromatic carbocycles. The topological polar surface area (TPSA) is 49.9 Å². The molecular formula is C12H15F3N2. The second-order valence-corrected chi connectivity index (χ2v) is 3.86. The van der Waals surface area contributed by atoms with E-state index in [4.69, 9.17) is 11.1 Å². The van der Waals surface area contributed by atoms with Gasteiger partial charge in [-0.1, -0.05) is 6.07 Å². The highest BCUT2D eigenvalue weighted by Gasteiger charge is 2.33. The summed E-state index contributed by atoms with van der Waals surface area (Å²) in [5, 5.41) is 6.83. The molecule has 0 saturated heterocycles. The van der Waals surface area contributed by atoms with Crippen molar-refractivity contribution >= 4 is 11.9 Å². The Morgan fingerprint density at radius 2 is 1.94 bits per heavy atom. The van der Waals surface area contributed by atoms with Gasteiger partial charge < -0.3 is 11.1 Å². The molecule has 17 heavy (non-hydrogen) atoms. The third-order valence-electron chi connectivity index (χ3n) is 2.48. The average Bonchev–Trinajstić information content (AvgIpc) is 2.25. The number of nitrogens with one attached hydrogen (secondary N) is 1. The van der Waals surface area contributed by atoms with Crippen molar-refractivity contribution in [1.82, 2.24) is 0 Å². The smallest absolute Gasteiger partial charge is 0.399 e. The lowest BCUT2D eigenvalue weighted by Crippen LogP contribution is -2.10. The summed E-state index contributed by atoms with van der Waals surface area (Å²) in [5.41, 5.74) is 5.12. The summed E-state index contributed by atoms with van der Waals surface area (Å²) in [6.45, 7) is 0. The van der Waals surface area contributed by atoms with Gasteiger partial charge in [0.15, 0.2) is 0 Å². The number of benzene rings is 1. The Kier molecular flexibility index (Phi) is 4.54. The molecule has 0 aliphatic heterocycles. The van der Waals surface area contributed by atoms with Crippen molar-refractivity contribution in [2.45, 2.75) is 31.9 Å². The van der Waals surface area contributed by atoms with Crippen molar-refractivity contribution in [3.8, 4) is 0 Å². The third kappa shape index (κ3) is 4.09. The number of hydrogen-bond donors (Lipinski definition) is 2. The number of nitrogens with two attached hydrogens (primary N) is 1. The Labute approximate surface area is 98.1 Å². The van der Waals surface area contributed by atoms with E-state index in [0.29, 0.717) is 19.3 Å². The Hall–Kier alpha value is -1.52. The first-order chi connectivity index (χ1) is 7.95. The van der Waals surface area contributed by atoms with Gasteiger partial charge in [-0.05, 0) is 49.6 Å². The van der Waals surface area contributed by atoms with E-state index < -0.39 is 11.7 Å². The Morgan fingerprint density at radius 1 is 1.24 bits per heavy atom. The first-order valence-electron chi connectivity index (χ1n) is 5.39. The van der Waals surface area contributed by atoms with Crippen LogP contribution in [0, 0.1) is 5.41 Å². The highest BCUT2D eigenvalue weighted by atomic mass is 19.4. The number of aryl methyl sites for hydroxylation is 1. The van der Waals surface area contributed by atoms with Crippen LogP contribution in [0.25, 0.3) is 0 Å². The van der Waals surface area contributed by atoms with Crippen LogP contribution >= 0.6 is 0 Å². The van der Waals surface area contributed by atoms with Crippen LogP contribution in [0.4, 0.5) is 18.9 Å². The van der Waals surface area contributed by atoms with Gasteiger partial charge in [0.2, 0.25) is 0 Å². The van der Waals surface area contributed by atoms with Crippen LogP contribution in [0.2, 0.25) is 0 Å². The van der Waals surface area contributed by atoms with Gasteiger partial charge >= 0.3 is 6.18 Å². The van der Waals surface area contributed by atoms with Gasteiger partial charge in [0.1, 0.15) is 0 Å². The standard InChI is InChI=1S/C12H15F3N2/c13-12(14,15)11-8-10(17)6-5-9(11)4-2-1-3-7-16/h5-8,16H,1-4,17H2. The Morgan fingerprint density at radius 3 is 2.53 bits per heavy atom. The molecule has 0 bridgehead atoms. The SMILES string of the molecule is N=CCCCCc1ccc(N)cc1C(F)(F)F. The zero-order chi connectivity index (χ0) is 12.9. The van der Waals surface area contributed by atoms with Crippen molar-refractivity contribution in [3.05, 3.63) is 29.3 Å². The first-order valence-corrected chi connectivity index (χ1v) is 5.39. The van der Waals surface area contributed by atoms with Crippen molar-refractivity contribution < 1.29 is 13.2 Å². The zero-order valence-electron chi connectivity index (χ0n) is 9.35. The molecule has 3 N–H and O–H groups in total. The van der Waals surface area contributed by atoms with E-state index in [2.05, 4.69) is 0 Å². The summed E-state index contributed by atoms with van der Waals surface area (Å²) in [6, 6.07) is 3.90. The predicted octanol–water partition coefficient (Wildman–Crippen LogP) is 3.65. The predicted molar refractivity (Wildman–Crippen MR) is 62.2 cm³/mol. The first kappa shape index (κ1) is 13.5. The summed E-state index contributed by atoms with van der Waals surface area (Å²) in [7, 11) is 0. The maximum atomic E-state index is 12.7. The molecule has 0 amide bonds. The van der Waals surface area contributed by atoms with Crippen molar-refractivity contribution in [2.75, 3.05) is 5.73 Å². The van der Waals surface area contributed by atoms with Crippen LogP contribution in [0.1, 0.15) is 30.4 Å². The van der Waals surface area contributed by atoms with E-state index in [0.717, 1.165) is 12.5 Å². The quantitative estimate of drug-likeness (QED) is 0.463. The van der Waals surface area contributed by atoms with Gasteiger partial charge in [-0.25, -0.2) is 0 Å². The van der Waals surface area contributed by atoms with Crippen LogP contribution in [0.3, 0.4) is 0 Å². The fourth-order valence-electron chi connectivity index (χ4n) is 1.64. The lowest BCUT2D eigenvalue weighted by molar-refractivity contribution is -0.138. The molecule has 0 aliphatic rings. The molecule has 0 atom stereocenters. The van der Waals surface area contributed by atoms with Crippen LogP contribution in [0.5, 0.6) is 0 Å². The number of hydrogen-bond acceptors (Lipinski definition) is 2. The molecular weight excluding hydrogens is 229 g/mol. The third-order valence-corrected chi connectivity index (χ3v) is 2.48. The number of rotatable bonds is 5. The molecule has 1 rings (SSSR count). The van der Waals surface area contributed by atoms with E-state index in [1.807, 2.05) is 0 Å². The number of unbranched alkanes of at least 4 members (excludes halogenated alkanes) is 2. The molecule has 0 aliphatic carbocycles. The second kappa shape index (κ2) is 5.70. The molecule has 0 aromatic heterocycles. The highest BCUT2D eigenvalue weighted by molar-refractivity contribution is 5.52. The number of nitrogen functional groups attached to an aromatic ring is 1. The average molecular weight is 244 g/mol. The Balaban J connectivity index is 2.80. The lowest BCUT2D eigenvalue weighted by atomic mass is 10.0. The van der Waals surface area contributed by atoms with Gasteiger partial charge in [0.05, 0.1) is 5.56 Å². The number of halogens is 3. The van der Waals surface area contributed by atoms with Gasteiger partial charge in [-0.15, -0.1) is 0 Å². The molecule has 5 heteroatoms. The fourth-order valence-corrected chi connectivity index (χ4v) is 1.64. The molecule has 1 aromatic rings. The molecule has 94 valence electrons.